The van der Waals surface area contributed by atoms with E-state index < -0.39 is 0 Å². The lowest BCUT2D eigenvalue weighted by atomic mass is 9.83. The monoisotopic (exact) mass is 183 g/mol. The molecule has 76 valence electrons. The van der Waals surface area contributed by atoms with Gasteiger partial charge in [0.15, 0.2) is 0 Å². The molecule has 0 aromatic heterocycles. The lowest BCUT2D eigenvalue weighted by Gasteiger charge is -2.33. The van der Waals surface area contributed by atoms with Gasteiger partial charge in [-0.2, -0.15) is 0 Å². The molecule has 1 saturated carbocycles. The summed E-state index contributed by atoms with van der Waals surface area (Å²) in [5, 5.41) is 3.21. The van der Waals surface area contributed by atoms with Crippen LogP contribution in [0.25, 0.3) is 0 Å². The predicted octanol–water partition coefficient (Wildman–Crippen LogP) is 2.09. The normalized spacial score (nSPS) is 32.5. The van der Waals surface area contributed by atoms with Crippen molar-refractivity contribution in [3.63, 3.8) is 0 Å². The Morgan fingerprint density at radius 1 is 1.23 bits per heavy atom. The van der Waals surface area contributed by atoms with E-state index in [1.165, 1.54) is 44.9 Å². The summed E-state index contributed by atoms with van der Waals surface area (Å²) in [6.45, 7) is 1.03. The van der Waals surface area contributed by atoms with Crippen molar-refractivity contribution in [3.8, 4) is 0 Å². The van der Waals surface area contributed by atoms with Crippen LogP contribution in [0.2, 0.25) is 0 Å². The molecule has 1 unspecified atom stereocenters. The van der Waals surface area contributed by atoms with Gasteiger partial charge in [-0.1, -0.05) is 19.3 Å². The van der Waals surface area contributed by atoms with Gasteiger partial charge in [-0.3, -0.25) is 0 Å². The molecule has 2 heteroatoms. The third-order valence-corrected chi connectivity index (χ3v) is 3.54. The Hall–Kier alpha value is -0.0800. The lowest BCUT2D eigenvalue weighted by molar-refractivity contribution is -0.0618. The van der Waals surface area contributed by atoms with Gasteiger partial charge in [0.2, 0.25) is 0 Å². The van der Waals surface area contributed by atoms with Crippen LogP contribution in [0.1, 0.15) is 44.9 Å². The highest BCUT2D eigenvalue weighted by atomic mass is 16.5. The van der Waals surface area contributed by atoms with E-state index in [2.05, 4.69) is 5.32 Å². The number of nitrogens with one attached hydrogen (secondary N) is 1. The van der Waals surface area contributed by atoms with Crippen LogP contribution in [-0.4, -0.2) is 25.3 Å². The largest absolute Gasteiger partial charge is 0.370 e. The molecule has 13 heavy (non-hydrogen) atoms. The van der Waals surface area contributed by atoms with E-state index in [0.29, 0.717) is 11.7 Å². The highest BCUT2D eigenvalue weighted by Gasteiger charge is 2.40. The summed E-state index contributed by atoms with van der Waals surface area (Å²) < 4.78 is 6.17. The average molecular weight is 183 g/mol. The second-order valence-corrected chi connectivity index (χ2v) is 4.58. The van der Waals surface area contributed by atoms with E-state index in [9.17, 15) is 0 Å². The molecule has 0 amide bonds. The maximum absolute atomic E-state index is 6.17. The number of hydrogen-bond acceptors (Lipinski definition) is 2. The van der Waals surface area contributed by atoms with Gasteiger partial charge in [-0.25, -0.2) is 0 Å². The molecule has 1 N–H and O–H groups in total. The van der Waals surface area contributed by atoms with Crippen LogP contribution in [0.3, 0.4) is 0 Å². The molecule has 2 nitrogen and oxygen atoms in total. The van der Waals surface area contributed by atoms with Crippen molar-refractivity contribution in [2.75, 3.05) is 13.6 Å². The second-order valence-electron chi connectivity index (χ2n) is 4.58. The second kappa shape index (κ2) is 3.97. The van der Waals surface area contributed by atoms with E-state index in [1.54, 1.807) is 0 Å². The molecule has 1 heterocycles. The van der Waals surface area contributed by atoms with E-state index in [-0.39, 0.29) is 0 Å². The molecule has 1 aliphatic heterocycles. The Bertz CT molecular complexity index is 163. The number of hydrogen-bond donors (Lipinski definition) is 1. The van der Waals surface area contributed by atoms with Gasteiger partial charge in [0.25, 0.3) is 0 Å². The van der Waals surface area contributed by atoms with Gasteiger partial charge < -0.3 is 10.1 Å². The molecule has 2 fully saturated rings. The Balaban J connectivity index is 1.87. The molecule has 0 radical (unpaired) electrons. The van der Waals surface area contributed by atoms with Gasteiger partial charge in [-0.15, -0.1) is 0 Å². The first kappa shape index (κ1) is 9.47. The van der Waals surface area contributed by atoms with Crippen LogP contribution in [0.15, 0.2) is 0 Å². The fraction of sp³-hybridized carbons (Fsp3) is 1.00. The summed E-state index contributed by atoms with van der Waals surface area (Å²) in [6, 6.07) is 0. The Morgan fingerprint density at radius 2 is 2.00 bits per heavy atom. The molecular formula is C11H21NO. The zero-order valence-corrected chi connectivity index (χ0v) is 8.64. The van der Waals surface area contributed by atoms with Gasteiger partial charge >= 0.3 is 0 Å². The topological polar surface area (TPSA) is 21.3 Å². The first-order chi connectivity index (χ1) is 6.35. The zero-order chi connectivity index (χ0) is 9.15. The summed E-state index contributed by atoms with van der Waals surface area (Å²) in [4.78, 5) is 0. The molecule has 1 saturated heterocycles. The van der Waals surface area contributed by atoms with Crippen LogP contribution >= 0.6 is 0 Å². The maximum atomic E-state index is 6.17. The van der Waals surface area contributed by atoms with Crippen molar-refractivity contribution < 1.29 is 4.74 Å². The van der Waals surface area contributed by atoms with Crippen molar-refractivity contribution in [1.82, 2.24) is 5.32 Å². The van der Waals surface area contributed by atoms with Crippen LogP contribution in [0.5, 0.6) is 0 Å². The summed E-state index contributed by atoms with van der Waals surface area (Å²) >= 11 is 0. The summed E-state index contributed by atoms with van der Waals surface area (Å²) in [7, 11) is 2.01. The smallest absolute Gasteiger partial charge is 0.0707 e. The lowest BCUT2D eigenvalue weighted by Crippen LogP contribution is -2.33. The van der Waals surface area contributed by atoms with Crippen molar-refractivity contribution in [3.05, 3.63) is 0 Å². The predicted molar refractivity (Wildman–Crippen MR) is 53.8 cm³/mol. The number of rotatable bonds is 2. The quantitative estimate of drug-likeness (QED) is 0.707. The third-order valence-electron chi connectivity index (χ3n) is 3.54. The summed E-state index contributed by atoms with van der Waals surface area (Å²) in [5.41, 5.74) is 0.305. The molecule has 2 rings (SSSR count). The van der Waals surface area contributed by atoms with Crippen LogP contribution < -0.4 is 5.32 Å². The number of ether oxygens (including phenoxy) is 1. The molecule has 1 spiro atoms. The van der Waals surface area contributed by atoms with Gasteiger partial charge in [0.05, 0.1) is 11.7 Å². The van der Waals surface area contributed by atoms with Crippen molar-refractivity contribution >= 4 is 0 Å². The van der Waals surface area contributed by atoms with E-state index >= 15 is 0 Å². The minimum Gasteiger partial charge on any atom is -0.370 e. The minimum atomic E-state index is 0.305. The van der Waals surface area contributed by atoms with E-state index in [0.717, 1.165) is 6.54 Å². The SMILES string of the molecule is CNCC1CCC2(CCCCC2)O1. The van der Waals surface area contributed by atoms with Crippen LogP contribution in [-0.2, 0) is 4.74 Å². The Morgan fingerprint density at radius 3 is 2.69 bits per heavy atom. The van der Waals surface area contributed by atoms with Crippen molar-refractivity contribution in [1.29, 1.82) is 0 Å². The van der Waals surface area contributed by atoms with Gasteiger partial charge in [-0.05, 0) is 32.7 Å². The zero-order valence-electron chi connectivity index (χ0n) is 8.64. The molecule has 1 aliphatic carbocycles. The first-order valence-corrected chi connectivity index (χ1v) is 5.67. The highest BCUT2D eigenvalue weighted by molar-refractivity contribution is 4.91. The van der Waals surface area contributed by atoms with Crippen molar-refractivity contribution in [2.24, 2.45) is 0 Å². The molecular weight excluding hydrogens is 162 g/mol. The minimum absolute atomic E-state index is 0.305. The van der Waals surface area contributed by atoms with Crippen molar-refractivity contribution in [2.45, 2.75) is 56.7 Å². The molecule has 1 atom stereocenters. The fourth-order valence-electron chi connectivity index (χ4n) is 2.83. The summed E-state index contributed by atoms with van der Waals surface area (Å²) in [5.74, 6) is 0. The maximum Gasteiger partial charge on any atom is 0.0707 e. The standard InChI is InChI=1S/C11H21NO/c1-12-9-10-5-8-11(13-10)6-3-2-4-7-11/h10,12H,2-9H2,1H3. The molecule has 0 aromatic rings. The Labute approximate surface area is 81.0 Å². The Kier molecular flexibility index (Phi) is 2.89. The first-order valence-electron chi connectivity index (χ1n) is 5.67. The molecule has 0 aromatic carbocycles. The number of likely N-dealkylation sites (N-methyl/N-ethyl adjacent to an activating group) is 1. The third kappa shape index (κ3) is 2.05. The van der Waals surface area contributed by atoms with E-state index in [1.807, 2.05) is 7.05 Å². The molecule has 0 bridgehead atoms. The van der Waals surface area contributed by atoms with E-state index in [4.69, 9.17) is 4.74 Å². The average Bonchev–Trinajstić information content (AvgIpc) is 2.51. The fourth-order valence-corrected chi connectivity index (χ4v) is 2.83. The highest BCUT2D eigenvalue weighted by Crippen LogP contribution is 2.41. The van der Waals surface area contributed by atoms with Gasteiger partial charge in [0, 0.05) is 6.54 Å². The van der Waals surface area contributed by atoms with Crippen LogP contribution in [0.4, 0.5) is 0 Å². The molecule has 2 aliphatic rings. The summed E-state index contributed by atoms with van der Waals surface area (Å²) in [6.07, 6.45) is 9.86. The van der Waals surface area contributed by atoms with Gasteiger partial charge in [0.1, 0.15) is 0 Å². The van der Waals surface area contributed by atoms with Crippen LogP contribution in [0, 0.1) is 0 Å².